The van der Waals surface area contributed by atoms with Gasteiger partial charge in [0.25, 0.3) is 0 Å². The van der Waals surface area contributed by atoms with E-state index in [2.05, 4.69) is 5.32 Å². The Bertz CT molecular complexity index is 743. The van der Waals surface area contributed by atoms with Crippen molar-refractivity contribution in [1.29, 1.82) is 0 Å². The molecule has 0 aliphatic carbocycles. The van der Waals surface area contributed by atoms with E-state index in [4.69, 9.17) is 5.73 Å². The van der Waals surface area contributed by atoms with E-state index in [0.717, 1.165) is 10.7 Å². The van der Waals surface area contributed by atoms with Crippen LogP contribution in [0.3, 0.4) is 0 Å². The topological polar surface area (TPSA) is 92.5 Å². The van der Waals surface area contributed by atoms with Crippen molar-refractivity contribution in [3.05, 3.63) is 29.6 Å². The fraction of sp³-hybridized carbons (Fsp3) is 0.533. The van der Waals surface area contributed by atoms with Crippen molar-refractivity contribution < 1.29 is 26.4 Å². The summed E-state index contributed by atoms with van der Waals surface area (Å²) in [5, 5.41) is 2.59. The average Bonchev–Trinajstić information content (AvgIpc) is 2.56. The lowest BCUT2D eigenvalue weighted by Crippen LogP contribution is -2.49. The molecule has 1 amide bonds. The molecular formula is C15H20F3N3O3S. The Morgan fingerprint density at radius 2 is 1.88 bits per heavy atom. The summed E-state index contributed by atoms with van der Waals surface area (Å²) in [5.74, 6) is -4.56. The molecule has 1 aliphatic rings. The monoisotopic (exact) mass is 379 g/mol. The van der Waals surface area contributed by atoms with Crippen molar-refractivity contribution in [3.8, 4) is 0 Å². The number of piperidine rings is 1. The molecule has 0 aromatic heterocycles. The van der Waals surface area contributed by atoms with Crippen LogP contribution in [-0.2, 0) is 14.8 Å². The van der Waals surface area contributed by atoms with Crippen LogP contribution in [0.1, 0.15) is 25.7 Å². The molecule has 1 atom stereocenters. The highest BCUT2D eigenvalue weighted by Gasteiger charge is 2.35. The highest BCUT2D eigenvalue weighted by Crippen LogP contribution is 2.28. The van der Waals surface area contributed by atoms with E-state index in [-0.39, 0.29) is 38.0 Å². The number of nitrogens with one attached hydrogen (secondary N) is 1. The first-order chi connectivity index (χ1) is 11.8. The first-order valence-corrected chi connectivity index (χ1v) is 9.34. The lowest BCUT2D eigenvalue weighted by atomic mass is 10.1. The van der Waals surface area contributed by atoms with Gasteiger partial charge in [0, 0.05) is 38.2 Å². The molecule has 1 unspecified atom stereocenters. The van der Waals surface area contributed by atoms with Crippen LogP contribution in [0.2, 0.25) is 0 Å². The Morgan fingerprint density at radius 1 is 1.20 bits per heavy atom. The summed E-state index contributed by atoms with van der Waals surface area (Å²) in [7, 11) is -4.37. The third kappa shape index (κ3) is 4.50. The summed E-state index contributed by atoms with van der Waals surface area (Å²) >= 11 is 0. The molecule has 1 aromatic carbocycles. The molecule has 1 fully saturated rings. The number of hydrogen-bond donors (Lipinski definition) is 2. The third-order valence-electron chi connectivity index (χ3n) is 4.04. The second kappa shape index (κ2) is 8.15. The fourth-order valence-electron chi connectivity index (χ4n) is 2.77. The summed E-state index contributed by atoms with van der Waals surface area (Å²) < 4.78 is 66.9. The Labute approximate surface area is 144 Å². The molecule has 25 heavy (non-hydrogen) atoms. The van der Waals surface area contributed by atoms with Crippen LogP contribution in [0, 0.1) is 17.5 Å². The second-order valence-corrected chi connectivity index (χ2v) is 7.66. The number of nitrogens with zero attached hydrogens (tertiary/aromatic N) is 1. The number of nitrogens with two attached hydrogens (primary N) is 1. The summed E-state index contributed by atoms with van der Waals surface area (Å²) in [6, 6.07) is -0.0314. The number of halogens is 3. The highest BCUT2D eigenvalue weighted by molar-refractivity contribution is 7.89. The van der Waals surface area contributed by atoms with E-state index in [1.54, 1.807) is 0 Å². The summed E-state index contributed by atoms with van der Waals surface area (Å²) in [6.45, 7) is 0.320. The molecule has 1 heterocycles. The van der Waals surface area contributed by atoms with Crippen molar-refractivity contribution in [2.24, 2.45) is 5.73 Å². The molecule has 6 nitrogen and oxygen atoms in total. The maximum absolute atomic E-state index is 13.9. The Morgan fingerprint density at radius 3 is 2.56 bits per heavy atom. The number of carbonyl (C=O) groups excluding carboxylic acids is 1. The van der Waals surface area contributed by atoms with Gasteiger partial charge >= 0.3 is 0 Å². The van der Waals surface area contributed by atoms with Gasteiger partial charge in [-0.25, -0.2) is 21.6 Å². The SMILES string of the molecule is NCCC(=O)NCC1CCCCN1S(=O)(=O)c1cc(F)c(F)cc1F. The van der Waals surface area contributed by atoms with Gasteiger partial charge in [0.1, 0.15) is 10.7 Å². The second-order valence-electron chi connectivity index (χ2n) is 5.80. The molecular weight excluding hydrogens is 359 g/mol. The first-order valence-electron chi connectivity index (χ1n) is 7.90. The van der Waals surface area contributed by atoms with E-state index in [1.807, 2.05) is 0 Å². The minimum atomic E-state index is -4.37. The fourth-order valence-corrected chi connectivity index (χ4v) is 4.53. The zero-order valence-corrected chi connectivity index (χ0v) is 14.3. The van der Waals surface area contributed by atoms with E-state index in [1.165, 1.54) is 0 Å². The molecule has 0 radical (unpaired) electrons. The standard InChI is InChI=1S/C15H20F3N3O3S/c16-11-7-13(18)14(8-12(11)17)25(23,24)21-6-2-1-3-10(21)9-20-15(22)4-5-19/h7-8,10H,1-6,9,19H2,(H,20,22). The van der Waals surface area contributed by atoms with Crippen LogP contribution in [0.25, 0.3) is 0 Å². The van der Waals surface area contributed by atoms with Crippen molar-refractivity contribution >= 4 is 15.9 Å². The summed E-state index contributed by atoms with van der Waals surface area (Å²) in [5.41, 5.74) is 5.28. The van der Waals surface area contributed by atoms with Crippen molar-refractivity contribution in [2.75, 3.05) is 19.6 Å². The Balaban J connectivity index is 2.26. The molecule has 140 valence electrons. The molecule has 1 aromatic rings. The molecule has 0 saturated carbocycles. The van der Waals surface area contributed by atoms with Crippen LogP contribution >= 0.6 is 0 Å². The molecule has 0 bridgehead atoms. The third-order valence-corrected chi connectivity index (χ3v) is 6.01. The minimum absolute atomic E-state index is 0.0450. The smallest absolute Gasteiger partial charge is 0.246 e. The van der Waals surface area contributed by atoms with Crippen LogP contribution in [0.4, 0.5) is 13.2 Å². The number of hydrogen-bond acceptors (Lipinski definition) is 4. The van der Waals surface area contributed by atoms with Gasteiger partial charge in [0.2, 0.25) is 15.9 Å². The van der Waals surface area contributed by atoms with Gasteiger partial charge in [0.05, 0.1) is 0 Å². The van der Waals surface area contributed by atoms with Crippen molar-refractivity contribution in [3.63, 3.8) is 0 Å². The number of benzene rings is 1. The van der Waals surface area contributed by atoms with E-state index < -0.39 is 38.4 Å². The van der Waals surface area contributed by atoms with Crippen LogP contribution < -0.4 is 11.1 Å². The van der Waals surface area contributed by atoms with Gasteiger partial charge in [-0.2, -0.15) is 4.31 Å². The van der Waals surface area contributed by atoms with Gasteiger partial charge in [-0.05, 0) is 18.9 Å². The summed E-state index contributed by atoms with van der Waals surface area (Å²) in [4.78, 5) is 10.6. The predicted octanol–water partition coefficient (Wildman–Crippen LogP) is 1.11. The first kappa shape index (κ1) is 19.7. The number of sulfonamides is 1. The van der Waals surface area contributed by atoms with Gasteiger partial charge in [0.15, 0.2) is 11.6 Å². The molecule has 1 aliphatic heterocycles. The van der Waals surface area contributed by atoms with Crippen molar-refractivity contribution in [1.82, 2.24) is 9.62 Å². The highest BCUT2D eigenvalue weighted by atomic mass is 32.2. The molecule has 2 rings (SSSR count). The maximum atomic E-state index is 13.9. The van der Waals surface area contributed by atoms with Gasteiger partial charge in [-0.3, -0.25) is 4.79 Å². The van der Waals surface area contributed by atoms with E-state index in [9.17, 15) is 26.4 Å². The Hall–Kier alpha value is -1.65. The largest absolute Gasteiger partial charge is 0.354 e. The van der Waals surface area contributed by atoms with E-state index in [0.29, 0.717) is 18.9 Å². The van der Waals surface area contributed by atoms with E-state index >= 15 is 0 Å². The van der Waals surface area contributed by atoms with Crippen LogP contribution in [0.5, 0.6) is 0 Å². The summed E-state index contributed by atoms with van der Waals surface area (Å²) in [6.07, 6.45) is 1.87. The molecule has 0 spiro atoms. The van der Waals surface area contributed by atoms with Gasteiger partial charge < -0.3 is 11.1 Å². The minimum Gasteiger partial charge on any atom is -0.354 e. The van der Waals surface area contributed by atoms with Crippen LogP contribution in [0.15, 0.2) is 17.0 Å². The average molecular weight is 379 g/mol. The Kier molecular flexibility index (Phi) is 6.42. The lowest BCUT2D eigenvalue weighted by molar-refractivity contribution is -0.121. The zero-order chi connectivity index (χ0) is 18.6. The van der Waals surface area contributed by atoms with Gasteiger partial charge in [-0.1, -0.05) is 6.42 Å². The van der Waals surface area contributed by atoms with Gasteiger partial charge in [-0.15, -0.1) is 0 Å². The number of carbonyl (C=O) groups is 1. The quantitative estimate of drug-likeness (QED) is 0.725. The molecule has 3 N–H and O–H groups in total. The normalized spacial score (nSPS) is 19.0. The maximum Gasteiger partial charge on any atom is 0.246 e. The molecule has 10 heteroatoms. The number of rotatable bonds is 6. The zero-order valence-electron chi connectivity index (χ0n) is 13.5. The number of amides is 1. The van der Waals surface area contributed by atoms with Crippen LogP contribution in [-0.4, -0.2) is 44.3 Å². The lowest BCUT2D eigenvalue weighted by Gasteiger charge is -2.34. The van der Waals surface area contributed by atoms with Crippen molar-refractivity contribution in [2.45, 2.75) is 36.6 Å². The predicted molar refractivity (Wildman–Crippen MR) is 84.5 cm³/mol. The molecule has 1 saturated heterocycles.